The van der Waals surface area contributed by atoms with Crippen molar-refractivity contribution in [3.05, 3.63) is 76.9 Å². The zero-order valence-electron chi connectivity index (χ0n) is 12.9. The lowest BCUT2D eigenvalue weighted by molar-refractivity contribution is -0.138. The molecule has 0 spiro atoms. The number of hydrogen-bond acceptors (Lipinski definition) is 3. The molecule has 124 valence electrons. The highest BCUT2D eigenvalue weighted by molar-refractivity contribution is 5.95. The average Bonchev–Trinajstić information content (AvgIpc) is 2.60. The minimum atomic E-state index is -1.04. The van der Waals surface area contributed by atoms with E-state index in [4.69, 9.17) is 4.74 Å². The zero-order chi connectivity index (χ0) is 17.5. The fraction of sp³-hybridized carbons (Fsp3) is 0.111. The summed E-state index contributed by atoms with van der Waals surface area (Å²) >= 11 is 0. The second-order valence-corrected chi connectivity index (χ2v) is 4.83. The van der Waals surface area contributed by atoms with Crippen molar-refractivity contribution in [2.24, 2.45) is 0 Å². The van der Waals surface area contributed by atoms with E-state index in [0.29, 0.717) is 0 Å². The van der Waals surface area contributed by atoms with Crippen LogP contribution in [0.4, 0.5) is 8.78 Å². The monoisotopic (exact) mass is 331 g/mol. The van der Waals surface area contributed by atoms with Gasteiger partial charge in [-0.2, -0.15) is 0 Å². The number of benzene rings is 2. The molecule has 4 nitrogen and oxygen atoms in total. The fourth-order valence-electron chi connectivity index (χ4n) is 1.96. The van der Waals surface area contributed by atoms with Crippen LogP contribution in [0.1, 0.15) is 21.5 Å². The smallest absolute Gasteiger partial charge is 0.331 e. The number of esters is 1. The lowest BCUT2D eigenvalue weighted by Gasteiger charge is -2.06. The molecule has 0 aliphatic rings. The molecule has 0 fully saturated rings. The Morgan fingerprint density at radius 2 is 1.83 bits per heavy atom. The van der Waals surface area contributed by atoms with Gasteiger partial charge in [-0.05, 0) is 23.8 Å². The van der Waals surface area contributed by atoms with Crippen molar-refractivity contribution >= 4 is 18.0 Å². The first-order valence-corrected chi connectivity index (χ1v) is 7.11. The summed E-state index contributed by atoms with van der Waals surface area (Å²) in [4.78, 5) is 23.2. The summed E-state index contributed by atoms with van der Waals surface area (Å²) in [5, 5.41) is 2.26. The number of nitrogens with one attached hydrogen (secondary N) is 1. The summed E-state index contributed by atoms with van der Waals surface area (Å²) in [5.41, 5.74) is 0.00203. The number of halogens is 2. The quantitative estimate of drug-likeness (QED) is 0.677. The van der Waals surface area contributed by atoms with Crippen molar-refractivity contribution in [1.82, 2.24) is 5.32 Å². The van der Waals surface area contributed by atoms with Gasteiger partial charge in [0.1, 0.15) is 18.2 Å². The Morgan fingerprint density at radius 3 is 2.50 bits per heavy atom. The fourth-order valence-corrected chi connectivity index (χ4v) is 1.96. The van der Waals surface area contributed by atoms with Crippen LogP contribution in [-0.2, 0) is 16.1 Å². The SMILES string of the molecule is CNC(=O)c1ccc(F)c(/C=C/C(=O)OCc2ccccc2)c1F. The summed E-state index contributed by atoms with van der Waals surface area (Å²) in [7, 11) is 1.33. The third-order valence-electron chi connectivity index (χ3n) is 3.21. The van der Waals surface area contributed by atoms with E-state index in [2.05, 4.69) is 5.32 Å². The van der Waals surface area contributed by atoms with Crippen LogP contribution in [0.3, 0.4) is 0 Å². The Bertz CT molecular complexity index is 773. The third kappa shape index (κ3) is 4.25. The van der Waals surface area contributed by atoms with Crippen LogP contribution in [-0.4, -0.2) is 18.9 Å². The summed E-state index contributed by atoms with van der Waals surface area (Å²) in [6, 6.07) is 11.0. The van der Waals surface area contributed by atoms with Crippen LogP contribution >= 0.6 is 0 Å². The maximum absolute atomic E-state index is 14.2. The number of amides is 1. The van der Waals surface area contributed by atoms with Crippen molar-refractivity contribution in [1.29, 1.82) is 0 Å². The molecule has 1 amide bonds. The predicted molar refractivity (Wildman–Crippen MR) is 85.0 cm³/mol. The zero-order valence-corrected chi connectivity index (χ0v) is 12.9. The highest BCUT2D eigenvalue weighted by Gasteiger charge is 2.16. The van der Waals surface area contributed by atoms with E-state index in [0.717, 1.165) is 29.8 Å². The second kappa shape index (κ2) is 8.01. The van der Waals surface area contributed by atoms with Crippen LogP contribution in [0.5, 0.6) is 0 Å². The number of carbonyl (C=O) groups excluding carboxylic acids is 2. The van der Waals surface area contributed by atoms with Gasteiger partial charge in [-0.15, -0.1) is 0 Å². The molecule has 0 atom stereocenters. The minimum absolute atomic E-state index is 0.0489. The summed E-state index contributed by atoms with van der Waals surface area (Å²) in [6.45, 7) is 0.0489. The van der Waals surface area contributed by atoms with Crippen LogP contribution in [0.15, 0.2) is 48.5 Å². The highest BCUT2D eigenvalue weighted by atomic mass is 19.1. The molecule has 2 aromatic carbocycles. The van der Waals surface area contributed by atoms with Crippen LogP contribution < -0.4 is 5.32 Å². The first-order valence-electron chi connectivity index (χ1n) is 7.11. The Kier molecular flexibility index (Phi) is 5.78. The molecular weight excluding hydrogens is 316 g/mol. The van der Waals surface area contributed by atoms with Crippen LogP contribution in [0.2, 0.25) is 0 Å². The standard InChI is InChI=1S/C18H15F2NO3/c1-21-18(23)14-7-9-15(19)13(17(14)20)8-10-16(22)24-11-12-5-3-2-4-6-12/h2-10H,11H2,1H3,(H,21,23)/b10-8+. The van der Waals surface area contributed by atoms with Gasteiger partial charge in [0, 0.05) is 18.7 Å². The topological polar surface area (TPSA) is 55.4 Å². The lowest BCUT2D eigenvalue weighted by atomic mass is 10.1. The number of ether oxygens (including phenoxy) is 1. The molecular formula is C18H15F2NO3. The van der Waals surface area contributed by atoms with E-state index in [1.165, 1.54) is 7.05 Å². The molecule has 0 radical (unpaired) electrons. The normalized spacial score (nSPS) is 10.6. The molecule has 0 saturated carbocycles. The van der Waals surface area contributed by atoms with Crippen LogP contribution in [0, 0.1) is 11.6 Å². The largest absolute Gasteiger partial charge is 0.458 e. The highest BCUT2D eigenvalue weighted by Crippen LogP contribution is 2.18. The third-order valence-corrected chi connectivity index (χ3v) is 3.21. The maximum atomic E-state index is 14.2. The molecule has 0 aliphatic carbocycles. The van der Waals surface area contributed by atoms with Gasteiger partial charge < -0.3 is 10.1 Å². The molecule has 0 heterocycles. The Morgan fingerprint density at radius 1 is 1.12 bits per heavy atom. The van der Waals surface area contributed by atoms with Crippen molar-refractivity contribution < 1.29 is 23.1 Å². The number of rotatable bonds is 5. The first kappa shape index (κ1) is 17.3. The Balaban J connectivity index is 2.10. The number of carbonyl (C=O) groups is 2. The summed E-state index contributed by atoms with van der Waals surface area (Å²) in [6.07, 6.45) is 1.86. The molecule has 1 N–H and O–H groups in total. The van der Waals surface area contributed by atoms with E-state index >= 15 is 0 Å². The molecule has 2 aromatic rings. The minimum Gasteiger partial charge on any atom is -0.458 e. The van der Waals surface area contributed by atoms with E-state index in [1.807, 2.05) is 6.07 Å². The Labute approximate surface area is 137 Å². The summed E-state index contributed by atoms with van der Waals surface area (Å²) < 4.78 is 32.9. The molecule has 6 heteroatoms. The molecule has 0 saturated heterocycles. The lowest BCUT2D eigenvalue weighted by Crippen LogP contribution is -2.20. The molecule has 2 rings (SSSR count). The summed E-state index contributed by atoms with van der Waals surface area (Å²) in [5.74, 6) is -3.36. The first-order chi connectivity index (χ1) is 11.5. The number of hydrogen-bond donors (Lipinski definition) is 1. The van der Waals surface area contributed by atoms with Gasteiger partial charge in [0.25, 0.3) is 5.91 Å². The van der Waals surface area contributed by atoms with Crippen molar-refractivity contribution in [2.75, 3.05) is 7.05 Å². The van der Waals surface area contributed by atoms with E-state index < -0.39 is 29.1 Å². The van der Waals surface area contributed by atoms with Crippen molar-refractivity contribution in [2.45, 2.75) is 6.61 Å². The van der Waals surface area contributed by atoms with Gasteiger partial charge in [-0.25, -0.2) is 13.6 Å². The van der Waals surface area contributed by atoms with Crippen molar-refractivity contribution in [3.63, 3.8) is 0 Å². The van der Waals surface area contributed by atoms with Gasteiger partial charge in [0.05, 0.1) is 5.56 Å². The molecule has 0 bridgehead atoms. The molecule has 0 aliphatic heterocycles. The van der Waals surface area contributed by atoms with Gasteiger partial charge in [0.2, 0.25) is 0 Å². The molecule has 0 aromatic heterocycles. The van der Waals surface area contributed by atoms with Gasteiger partial charge in [0.15, 0.2) is 0 Å². The molecule has 24 heavy (non-hydrogen) atoms. The maximum Gasteiger partial charge on any atom is 0.331 e. The van der Waals surface area contributed by atoms with Gasteiger partial charge in [-0.1, -0.05) is 30.3 Å². The van der Waals surface area contributed by atoms with Gasteiger partial charge >= 0.3 is 5.97 Å². The van der Waals surface area contributed by atoms with Gasteiger partial charge in [-0.3, -0.25) is 4.79 Å². The Hall–Kier alpha value is -3.02. The van der Waals surface area contributed by atoms with E-state index in [-0.39, 0.29) is 12.2 Å². The van der Waals surface area contributed by atoms with Crippen LogP contribution in [0.25, 0.3) is 6.08 Å². The van der Waals surface area contributed by atoms with Crippen molar-refractivity contribution in [3.8, 4) is 0 Å². The second-order valence-electron chi connectivity index (χ2n) is 4.83. The van der Waals surface area contributed by atoms with E-state index in [9.17, 15) is 18.4 Å². The predicted octanol–water partition coefficient (Wildman–Crippen LogP) is 3.08. The molecule has 0 unspecified atom stereocenters. The van der Waals surface area contributed by atoms with E-state index in [1.54, 1.807) is 24.3 Å². The average molecular weight is 331 g/mol.